The Hall–Kier alpha value is -1.98. The molecule has 0 bridgehead atoms. The first-order valence-corrected chi connectivity index (χ1v) is 9.45. The Morgan fingerprint density at radius 2 is 1.92 bits per heavy atom. The first-order chi connectivity index (χ1) is 12.6. The summed E-state index contributed by atoms with van der Waals surface area (Å²) >= 11 is 5.84. The molecule has 1 N–H and O–H groups in total. The van der Waals surface area contributed by atoms with Gasteiger partial charge >= 0.3 is 0 Å². The largest absolute Gasteiger partial charge is 0.484 e. The van der Waals surface area contributed by atoms with E-state index in [0.717, 1.165) is 24.6 Å². The first kappa shape index (κ1) is 18.8. The molecule has 26 heavy (non-hydrogen) atoms. The molecule has 2 heterocycles. The van der Waals surface area contributed by atoms with Crippen LogP contribution >= 0.6 is 11.6 Å². The van der Waals surface area contributed by atoms with Crippen LogP contribution in [0.5, 0.6) is 5.75 Å². The fraction of sp³-hybridized carbons (Fsp3) is 0.450. The minimum atomic E-state index is -0.148. The molecule has 1 aliphatic rings. The molecular formula is C20H25ClN2O3. The van der Waals surface area contributed by atoms with Gasteiger partial charge in [0.15, 0.2) is 6.61 Å². The third-order valence-corrected chi connectivity index (χ3v) is 4.85. The highest BCUT2D eigenvalue weighted by Gasteiger charge is 2.25. The van der Waals surface area contributed by atoms with Gasteiger partial charge in [-0.3, -0.25) is 9.69 Å². The highest BCUT2D eigenvalue weighted by molar-refractivity contribution is 6.30. The molecule has 1 atom stereocenters. The van der Waals surface area contributed by atoms with E-state index in [9.17, 15) is 4.79 Å². The summed E-state index contributed by atoms with van der Waals surface area (Å²) in [5.74, 6) is 2.27. The van der Waals surface area contributed by atoms with Gasteiger partial charge in [-0.05, 0) is 69.3 Å². The molecular weight excluding hydrogens is 352 g/mol. The smallest absolute Gasteiger partial charge is 0.258 e. The molecule has 0 aliphatic carbocycles. The van der Waals surface area contributed by atoms with Crippen LogP contribution in [0.15, 0.2) is 40.8 Å². The van der Waals surface area contributed by atoms with Gasteiger partial charge in [0.1, 0.15) is 17.3 Å². The topological polar surface area (TPSA) is 54.7 Å². The Bertz CT molecular complexity index is 708. The van der Waals surface area contributed by atoms with E-state index in [1.807, 2.05) is 19.1 Å². The number of hydrogen-bond donors (Lipinski definition) is 1. The molecule has 6 heteroatoms. The number of piperidine rings is 1. The van der Waals surface area contributed by atoms with E-state index in [1.54, 1.807) is 24.3 Å². The minimum Gasteiger partial charge on any atom is -0.484 e. The maximum atomic E-state index is 12.2. The molecule has 1 aliphatic heterocycles. The van der Waals surface area contributed by atoms with Crippen LogP contribution in [0.1, 0.15) is 36.8 Å². The molecule has 1 amide bonds. The van der Waals surface area contributed by atoms with Crippen molar-refractivity contribution in [3.63, 3.8) is 0 Å². The second kappa shape index (κ2) is 9.10. The van der Waals surface area contributed by atoms with E-state index in [0.29, 0.717) is 17.3 Å². The van der Waals surface area contributed by atoms with E-state index in [4.69, 9.17) is 20.8 Å². The second-order valence-corrected chi connectivity index (χ2v) is 7.04. The number of carbonyl (C=O) groups is 1. The fourth-order valence-corrected chi connectivity index (χ4v) is 3.34. The van der Waals surface area contributed by atoms with Crippen molar-refractivity contribution < 1.29 is 13.9 Å². The summed E-state index contributed by atoms with van der Waals surface area (Å²) in [5, 5.41) is 3.62. The standard InChI is InChI=1S/C20H25ClN2O3/c1-15-5-10-19(26-15)18(23-11-3-2-4-12-23)13-22-20(24)14-25-17-8-6-16(21)7-9-17/h5-10,18H,2-4,11-14H2,1H3,(H,22,24)/t18-/m1/s1. The van der Waals surface area contributed by atoms with Gasteiger partial charge < -0.3 is 14.5 Å². The normalized spacial score (nSPS) is 16.2. The lowest BCUT2D eigenvalue weighted by atomic mass is 10.1. The van der Waals surface area contributed by atoms with Crippen molar-refractivity contribution in [2.45, 2.75) is 32.2 Å². The quantitative estimate of drug-likeness (QED) is 0.794. The number of hydrogen-bond acceptors (Lipinski definition) is 4. The van der Waals surface area contributed by atoms with Crippen molar-refractivity contribution in [1.82, 2.24) is 10.2 Å². The van der Waals surface area contributed by atoms with Gasteiger partial charge in [0.05, 0.1) is 6.04 Å². The predicted molar refractivity (Wildman–Crippen MR) is 102 cm³/mol. The van der Waals surface area contributed by atoms with Gasteiger partial charge in [-0.15, -0.1) is 0 Å². The summed E-state index contributed by atoms with van der Waals surface area (Å²) in [4.78, 5) is 14.6. The maximum absolute atomic E-state index is 12.2. The van der Waals surface area contributed by atoms with Crippen LogP contribution in [0, 0.1) is 6.92 Å². The number of nitrogens with zero attached hydrogens (tertiary/aromatic N) is 1. The van der Waals surface area contributed by atoms with Crippen LogP contribution in [0.25, 0.3) is 0 Å². The number of furan rings is 1. The third-order valence-electron chi connectivity index (χ3n) is 4.60. The highest BCUT2D eigenvalue weighted by atomic mass is 35.5. The van der Waals surface area contributed by atoms with Crippen LogP contribution in [-0.4, -0.2) is 37.0 Å². The maximum Gasteiger partial charge on any atom is 0.258 e. The van der Waals surface area contributed by atoms with Crippen LogP contribution in [0.2, 0.25) is 5.02 Å². The summed E-state index contributed by atoms with van der Waals surface area (Å²) in [6.45, 7) is 4.49. The van der Waals surface area contributed by atoms with E-state index in [1.165, 1.54) is 19.3 Å². The fourth-order valence-electron chi connectivity index (χ4n) is 3.21. The van der Waals surface area contributed by atoms with Crippen molar-refractivity contribution in [3.05, 3.63) is 52.9 Å². The van der Waals surface area contributed by atoms with E-state index in [2.05, 4.69) is 10.2 Å². The van der Waals surface area contributed by atoms with Crippen molar-refractivity contribution >= 4 is 17.5 Å². The number of halogens is 1. The molecule has 2 aromatic rings. The summed E-state index contributed by atoms with van der Waals surface area (Å²) in [6.07, 6.45) is 3.63. The van der Waals surface area contributed by atoms with Crippen LogP contribution in [-0.2, 0) is 4.79 Å². The molecule has 1 aromatic carbocycles. The second-order valence-electron chi connectivity index (χ2n) is 6.61. The highest BCUT2D eigenvalue weighted by Crippen LogP contribution is 2.25. The van der Waals surface area contributed by atoms with Gasteiger partial charge in [0, 0.05) is 11.6 Å². The molecule has 0 saturated carbocycles. The lowest BCUT2D eigenvalue weighted by molar-refractivity contribution is -0.123. The predicted octanol–water partition coefficient (Wildman–Crippen LogP) is 3.96. The SMILES string of the molecule is Cc1ccc([C@@H](CNC(=O)COc2ccc(Cl)cc2)N2CCCCC2)o1. The van der Waals surface area contributed by atoms with Gasteiger partial charge in [0.2, 0.25) is 0 Å². The van der Waals surface area contributed by atoms with Crippen molar-refractivity contribution in [3.8, 4) is 5.75 Å². The molecule has 0 radical (unpaired) electrons. The number of likely N-dealkylation sites (tertiary alicyclic amines) is 1. The number of aryl methyl sites for hydroxylation is 1. The summed E-state index contributed by atoms with van der Waals surface area (Å²) in [6, 6.07) is 11.0. The Kier molecular flexibility index (Phi) is 6.58. The Balaban J connectivity index is 1.54. The Labute approximate surface area is 159 Å². The number of rotatable bonds is 7. The van der Waals surface area contributed by atoms with Gasteiger partial charge in [-0.25, -0.2) is 0 Å². The van der Waals surface area contributed by atoms with Crippen molar-refractivity contribution in [2.75, 3.05) is 26.2 Å². The summed E-state index contributed by atoms with van der Waals surface area (Å²) < 4.78 is 11.3. The average molecular weight is 377 g/mol. The molecule has 1 fully saturated rings. The zero-order valence-electron chi connectivity index (χ0n) is 15.0. The van der Waals surface area contributed by atoms with Crippen LogP contribution in [0.4, 0.5) is 0 Å². The first-order valence-electron chi connectivity index (χ1n) is 9.07. The minimum absolute atomic E-state index is 0.0223. The van der Waals surface area contributed by atoms with Crippen molar-refractivity contribution in [2.24, 2.45) is 0 Å². The van der Waals surface area contributed by atoms with Gasteiger partial charge in [-0.2, -0.15) is 0 Å². The molecule has 3 rings (SSSR count). The molecule has 0 spiro atoms. The summed E-state index contributed by atoms with van der Waals surface area (Å²) in [7, 11) is 0. The molecule has 0 unspecified atom stereocenters. The number of nitrogens with one attached hydrogen (secondary N) is 1. The number of carbonyl (C=O) groups excluding carboxylic acids is 1. The lowest BCUT2D eigenvalue weighted by Crippen LogP contribution is -2.41. The third kappa shape index (κ3) is 5.26. The van der Waals surface area contributed by atoms with Crippen molar-refractivity contribution in [1.29, 1.82) is 0 Å². The van der Waals surface area contributed by atoms with Crippen LogP contribution < -0.4 is 10.1 Å². The number of amides is 1. The van der Waals surface area contributed by atoms with E-state index < -0.39 is 0 Å². The van der Waals surface area contributed by atoms with Gasteiger partial charge in [-0.1, -0.05) is 18.0 Å². The molecule has 5 nitrogen and oxygen atoms in total. The lowest BCUT2D eigenvalue weighted by Gasteiger charge is -2.33. The van der Waals surface area contributed by atoms with E-state index >= 15 is 0 Å². The van der Waals surface area contributed by atoms with E-state index in [-0.39, 0.29) is 18.6 Å². The average Bonchev–Trinajstić information content (AvgIpc) is 3.08. The number of ether oxygens (including phenoxy) is 1. The molecule has 1 saturated heterocycles. The zero-order valence-corrected chi connectivity index (χ0v) is 15.8. The summed E-state index contributed by atoms with van der Waals surface area (Å²) in [5.41, 5.74) is 0. The van der Waals surface area contributed by atoms with Gasteiger partial charge in [0.25, 0.3) is 5.91 Å². The Morgan fingerprint density at radius 3 is 2.58 bits per heavy atom. The zero-order chi connectivity index (χ0) is 18.4. The Morgan fingerprint density at radius 1 is 1.19 bits per heavy atom. The molecule has 1 aromatic heterocycles. The monoisotopic (exact) mass is 376 g/mol. The number of benzene rings is 1. The van der Waals surface area contributed by atoms with Crippen LogP contribution in [0.3, 0.4) is 0 Å². The molecule has 140 valence electrons.